The van der Waals surface area contributed by atoms with E-state index in [1.165, 1.54) is 17.3 Å². The topological polar surface area (TPSA) is 54.9 Å². The first kappa shape index (κ1) is 15.9. The number of hydrogen-bond donors (Lipinski definition) is 1. The lowest BCUT2D eigenvalue weighted by atomic mass is 9.71. The molecule has 0 radical (unpaired) electrons. The van der Waals surface area contributed by atoms with E-state index in [0.29, 0.717) is 5.82 Å². The van der Waals surface area contributed by atoms with Crippen LogP contribution in [0.4, 0.5) is 0 Å². The lowest BCUT2D eigenvalue weighted by molar-refractivity contribution is 0.0924. The summed E-state index contributed by atoms with van der Waals surface area (Å²) in [6.07, 6.45) is 3.39. The lowest BCUT2D eigenvalue weighted by Gasteiger charge is -2.37. The van der Waals surface area contributed by atoms with Crippen molar-refractivity contribution < 1.29 is 4.79 Å². The number of amides is 1. The fourth-order valence-corrected chi connectivity index (χ4v) is 3.38. The molecule has 1 aliphatic carbocycles. The van der Waals surface area contributed by atoms with Crippen LogP contribution >= 0.6 is 11.6 Å². The molecule has 1 aliphatic rings. The molecule has 23 heavy (non-hydrogen) atoms. The van der Waals surface area contributed by atoms with E-state index < -0.39 is 0 Å². The SMILES string of the molecule is Cc1ncc(Cl)c(C(=O)N[C@H]2CCC(C)(C)c3ccccc32)n1. The van der Waals surface area contributed by atoms with Gasteiger partial charge < -0.3 is 5.32 Å². The Labute approximate surface area is 141 Å². The summed E-state index contributed by atoms with van der Waals surface area (Å²) in [7, 11) is 0. The van der Waals surface area contributed by atoms with Crippen LogP contribution in [0.25, 0.3) is 0 Å². The van der Waals surface area contributed by atoms with Gasteiger partial charge in [0.15, 0.2) is 0 Å². The van der Waals surface area contributed by atoms with Gasteiger partial charge >= 0.3 is 0 Å². The number of aromatic nitrogens is 2. The minimum atomic E-state index is -0.250. The summed E-state index contributed by atoms with van der Waals surface area (Å²) in [5.74, 6) is 0.282. The van der Waals surface area contributed by atoms with Crippen molar-refractivity contribution >= 4 is 17.5 Å². The highest BCUT2D eigenvalue weighted by Crippen LogP contribution is 2.41. The molecule has 120 valence electrons. The van der Waals surface area contributed by atoms with Crippen molar-refractivity contribution in [3.63, 3.8) is 0 Å². The predicted molar refractivity (Wildman–Crippen MR) is 90.7 cm³/mol. The maximum atomic E-state index is 12.6. The minimum Gasteiger partial charge on any atom is -0.344 e. The molecule has 1 amide bonds. The summed E-state index contributed by atoms with van der Waals surface area (Å²) in [6, 6.07) is 8.29. The van der Waals surface area contributed by atoms with Gasteiger partial charge in [0.05, 0.1) is 17.3 Å². The zero-order valence-electron chi connectivity index (χ0n) is 13.6. The van der Waals surface area contributed by atoms with E-state index >= 15 is 0 Å². The molecule has 0 saturated carbocycles. The highest BCUT2D eigenvalue weighted by molar-refractivity contribution is 6.33. The Morgan fingerprint density at radius 1 is 1.35 bits per heavy atom. The fraction of sp³-hybridized carbons (Fsp3) is 0.389. The predicted octanol–water partition coefficient (Wildman–Crippen LogP) is 3.98. The van der Waals surface area contributed by atoms with Crippen molar-refractivity contribution in [2.24, 2.45) is 0 Å². The molecule has 1 aromatic heterocycles. The number of fused-ring (bicyclic) bond motifs is 1. The first-order valence-electron chi connectivity index (χ1n) is 7.78. The van der Waals surface area contributed by atoms with Gasteiger partial charge in [-0.05, 0) is 36.3 Å². The number of carbonyl (C=O) groups is 1. The van der Waals surface area contributed by atoms with E-state index in [0.717, 1.165) is 12.8 Å². The molecular weight excluding hydrogens is 310 g/mol. The number of hydrogen-bond acceptors (Lipinski definition) is 3. The van der Waals surface area contributed by atoms with Crippen molar-refractivity contribution in [1.82, 2.24) is 15.3 Å². The zero-order chi connectivity index (χ0) is 16.6. The Hall–Kier alpha value is -1.94. The van der Waals surface area contributed by atoms with Crippen molar-refractivity contribution in [2.75, 3.05) is 0 Å². The van der Waals surface area contributed by atoms with Gasteiger partial charge in [-0.2, -0.15) is 0 Å². The van der Waals surface area contributed by atoms with Gasteiger partial charge in [-0.3, -0.25) is 4.79 Å². The average Bonchev–Trinajstić information content (AvgIpc) is 2.53. The van der Waals surface area contributed by atoms with E-state index in [2.05, 4.69) is 47.3 Å². The van der Waals surface area contributed by atoms with Crippen LogP contribution in [0.1, 0.15) is 60.2 Å². The highest BCUT2D eigenvalue weighted by atomic mass is 35.5. The van der Waals surface area contributed by atoms with Gasteiger partial charge in [-0.25, -0.2) is 9.97 Å². The third-order valence-electron chi connectivity index (χ3n) is 4.51. The van der Waals surface area contributed by atoms with Gasteiger partial charge in [0, 0.05) is 0 Å². The number of rotatable bonds is 2. The number of nitrogens with zero attached hydrogens (tertiary/aromatic N) is 2. The van der Waals surface area contributed by atoms with Crippen LogP contribution < -0.4 is 5.32 Å². The van der Waals surface area contributed by atoms with Crippen molar-refractivity contribution in [3.05, 3.63) is 58.1 Å². The molecule has 0 spiro atoms. The molecule has 0 aliphatic heterocycles. The van der Waals surface area contributed by atoms with Crippen LogP contribution in [0.3, 0.4) is 0 Å². The Morgan fingerprint density at radius 2 is 2.09 bits per heavy atom. The normalized spacial score (nSPS) is 19.0. The maximum absolute atomic E-state index is 12.6. The van der Waals surface area contributed by atoms with E-state index in [4.69, 9.17) is 11.6 Å². The molecule has 0 bridgehead atoms. The van der Waals surface area contributed by atoms with Crippen LogP contribution in [0.5, 0.6) is 0 Å². The molecule has 0 unspecified atom stereocenters. The first-order valence-corrected chi connectivity index (χ1v) is 8.16. The first-order chi connectivity index (χ1) is 10.9. The summed E-state index contributed by atoms with van der Waals surface area (Å²) < 4.78 is 0. The van der Waals surface area contributed by atoms with E-state index in [1.807, 2.05) is 6.07 Å². The summed E-state index contributed by atoms with van der Waals surface area (Å²) in [6.45, 7) is 6.23. The monoisotopic (exact) mass is 329 g/mol. The second kappa shape index (κ2) is 5.93. The number of nitrogens with one attached hydrogen (secondary N) is 1. The van der Waals surface area contributed by atoms with Crippen LogP contribution in [-0.2, 0) is 5.41 Å². The van der Waals surface area contributed by atoms with Gasteiger partial charge in [-0.15, -0.1) is 0 Å². The van der Waals surface area contributed by atoms with Gasteiger partial charge in [-0.1, -0.05) is 49.7 Å². The molecule has 3 rings (SSSR count). The van der Waals surface area contributed by atoms with Crippen LogP contribution in [0, 0.1) is 6.92 Å². The van der Waals surface area contributed by atoms with E-state index in [1.54, 1.807) is 6.92 Å². The minimum absolute atomic E-state index is 0.0157. The quantitative estimate of drug-likeness (QED) is 0.906. The molecule has 2 aromatic rings. The number of carbonyl (C=O) groups excluding carboxylic acids is 1. The molecule has 1 heterocycles. The molecule has 1 aromatic carbocycles. The average molecular weight is 330 g/mol. The van der Waals surface area contributed by atoms with Gasteiger partial charge in [0.1, 0.15) is 11.5 Å². The largest absolute Gasteiger partial charge is 0.344 e. The molecule has 0 fully saturated rings. The fourth-order valence-electron chi connectivity index (χ4n) is 3.20. The third kappa shape index (κ3) is 3.08. The van der Waals surface area contributed by atoms with Crippen molar-refractivity contribution in [2.45, 2.75) is 45.1 Å². The molecule has 1 N–H and O–H groups in total. The van der Waals surface area contributed by atoms with Crippen molar-refractivity contribution in [3.8, 4) is 0 Å². The molecule has 1 atom stereocenters. The van der Waals surface area contributed by atoms with Crippen LogP contribution in [0.2, 0.25) is 5.02 Å². The Balaban J connectivity index is 1.89. The smallest absolute Gasteiger partial charge is 0.272 e. The second-order valence-corrected chi connectivity index (χ2v) is 7.06. The zero-order valence-corrected chi connectivity index (χ0v) is 14.3. The van der Waals surface area contributed by atoms with Gasteiger partial charge in [0.2, 0.25) is 0 Å². The molecule has 5 heteroatoms. The lowest BCUT2D eigenvalue weighted by Crippen LogP contribution is -2.36. The van der Waals surface area contributed by atoms with E-state index in [-0.39, 0.29) is 28.1 Å². The summed E-state index contributed by atoms with van der Waals surface area (Å²) >= 11 is 6.07. The number of aryl methyl sites for hydroxylation is 1. The van der Waals surface area contributed by atoms with Gasteiger partial charge in [0.25, 0.3) is 5.91 Å². The van der Waals surface area contributed by atoms with E-state index in [9.17, 15) is 4.79 Å². The molecular formula is C18H20ClN3O. The summed E-state index contributed by atoms with van der Waals surface area (Å²) in [4.78, 5) is 20.7. The summed E-state index contributed by atoms with van der Waals surface area (Å²) in [5, 5.41) is 3.36. The maximum Gasteiger partial charge on any atom is 0.272 e. The third-order valence-corrected chi connectivity index (χ3v) is 4.78. The second-order valence-electron chi connectivity index (χ2n) is 6.65. The standard InChI is InChI=1S/C18H20ClN3O/c1-11-20-10-14(19)16(21-11)17(23)22-15-8-9-18(2,3)13-7-5-4-6-12(13)15/h4-7,10,15H,8-9H2,1-3H3,(H,22,23)/t15-/m0/s1. The number of halogens is 1. The van der Waals surface area contributed by atoms with Crippen LogP contribution in [-0.4, -0.2) is 15.9 Å². The summed E-state index contributed by atoms with van der Waals surface area (Å²) in [5.41, 5.74) is 2.84. The van der Waals surface area contributed by atoms with Crippen molar-refractivity contribution in [1.29, 1.82) is 0 Å². The van der Waals surface area contributed by atoms with Crippen LogP contribution in [0.15, 0.2) is 30.5 Å². The molecule has 0 saturated heterocycles. The Bertz CT molecular complexity index is 758. The molecule has 4 nitrogen and oxygen atoms in total. The number of benzene rings is 1. The Morgan fingerprint density at radius 3 is 2.87 bits per heavy atom. The highest BCUT2D eigenvalue weighted by Gasteiger charge is 2.33. The Kier molecular flexibility index (Phi) is 4.11.